The van der Waals surface area contributed by atoms with Gasteiger partial charge in [-0.3, -0.25) is 15.0 Å². The predicted octanol–water partition coefficient (Wildman–Crippen LogP) is 3.10. The number of piperidine rings is 1. The van der Waals surface area contributed by atoms with Crippen LogP contribution in [-0.4, -0.2) is 39.7 Å². The summed E-state index contributed by atoms with van der Waals surface area (Å²) in [5, 5.41) is 7.11. The van der Waals surface area contributed by atoms with Crippen molar-refractivity contribution in [1.29, 1.82) is 0 Å². The molecule has 0 unspecified atom stereocenters. The van der Waals surface area contributed by atoms with Gasteiger partial charge in [0.25, 0.3) is 5.91 Å². The third-order valence-corrected chi connectivity index (χ3v) is 4.71. The minimum Gasteiger partial charge on any atom is -0.357 e. The number of hydrogen-bond donors (Lipinski definition) is 2. The summed E-state index contributed by atoms with van der Waals surface area (Å²) in [6.45, 7) is 1.76. The fourth-order valence-electron chi connectivity index (χ4n) is 3.26. The van der Waals surface area contributed by atoms with Crippen molar-refractivity contribution in [2.75, 3.05) is 18.4 Å². The normalized spacial score (nSPS) is 17.6. The monoisotopic (exact) mass is 342 g/mol. The van der Waals surface area contributed by atoms with E-state index in [1.807, 2.05) is 18.2 Å². The van der Waals surface area contributed by atoms with E-state index in [1.54, 1.807) is 0 Å². The van der Waals surface area contributed by atoms with Crippen molar-refractivity contribution >= 4 is 22.7 Å². The highest BCUT2D eigenvalue weighted by Gasteiger charge is 2.42. The molecule has 3 aromatic rings. The van der Waals surface area contributed by atoms with Crippen molar-refractivity contribution < 1.29 is 13.7 Å². The molecule has 0 saturated carbocycles. The third kappa shape index (κ3) is 3.28. The maximum absolute atomic E-state index is 14.9. The number of likely N-dealkylation sites (tertiary alicyclic amines) is 1. The number of carbonyl (C=O) groups excluding carboxylic acids is 1. The summed E-state index contributed by atoms with van der Waals surface area (Å²) >= 11 is 0. The number of rotatable bonds is 4. The number of alkyl halides is 1. The largest absolute Gasteiger partial charge is 0.357 e. The molecule has 0 radical (unpaired) electrons. The van der Waals surface area contributed by atoms with Crippen LogP contribution in [0.25, 0.3) is 10.9 Å². The molecule has 1 saturated heterocycles. The molecule has 0 spiro atoms. The first-order chi connectivity index (χ1) is 12.1. The maximum Gasteiger partial charge on any atom is 0.264 e. The van der Waals surface area contributed by atoms with Crippen LogP contribution in [0.5, 0.6) is 0 Å². The topological polar surface area (TPSA) is 74.2 Å². The fraction of sp³-hybridized carbons (Fsp3) is 0.333. The first kappa shape index (κ1) is 15.8. The molecular weight excluding hydrogens is 323 g/mol. The molecule has 1 amide bonds. The van der Waals surface area contributed by atoms with E-state index in [1.165, 1.54) is 17.6 Å². The first-order valence-electron chi connectivity index (χ1n) is 8.32. The lowest BCUT2D eigenvalue weighted by Gasteiger charge is -2.34. The molecule has 2 N–H and O–H groups in total. The molecule has 25 heavy (non-hydrogen) atoms. The van der Waals surface area contributed by atoms with Crippen LogP contribution < -0.4 is 5.32 Å². The number of aromatic nitrogens is 2. The minimum absolute atomic E-state index is 0.160. The standard InChI is InChI=1S/C18H19FN4O2/c19-18(17(24)22-16-5-8-20-25-16)6-9-23(10-7-18)12-14-11-13-3-1-2-4-15(13)21-14/h1-5,8,11,21H,6-7,9-10,12H2,(H,22,24). The number of para-hydroxylation sites is 1. The second kappa shape index (κ2) is 6.33. The minimum atomic E-state index is -1.87. The molecule has 4 rings (SSSR count). The number of nitrogens with zero attached hydrogens (tertiary/aromatic N) is 2. The molecule has 3 heterocycles. The molecule has 130 valence electrons. The Labute approximate surface area is 144 Å². The number of aromatic amines is 1. The quantitative estimate of drug-likeness (QED) is 0.764. The van der Waals surface area contributed by atoms with Gasteiger partial charge in [-0.25, -0.2) is 4.39 Å². The lowest BCUT2D eigenvalue weighted by molar-refractivity contribution is -0.130. The Morgan fingerprint density at radius 3 is 2.84 bits per heavy atom. The number of amides is 1. The van der Waals surface area contributed by atoms with Crippen molar-refractivity contribution in [3.63, 3.8) is 0 Å². The molecule has 6 nitrogen and oxygen atoms in total. The summed E-state index contributed by atoms with van der Waals surface area (Å²) in [5.74, 6) is -0.489. The molecule has 1 fully saturated rings. The number of hydrogen-bond acceptors (Lipinski definition) is 4. The molecule has 0 aliphatic carbocycles. The highest BCUT2D eigenvalue weighted by Crippen LogP contribution is 2.29. The Bertz CT molecular complexity index is 833. The predicted molar refractivity (Wildman–Crippen MR) is 91.8 cm³/mol. The van der Waals surface area contributed by atoms with E-state index in [4.69, 9.17) is 4.52 Å². The smallest absolute Gasteiger partial charge is 0.264 e. The SMILES string of the molecule is O=C(Nc1ccno1)C1(F)CCN(Cc2cc3ccccc3[nH]2)CC1. The van der Waals surface area contributed by atoms with Gasteiger partial charge in [-0.1, -0.05) is 23.4 Å². The van der Waals surface area contributed by atoms with Crippen molar-refractivity contribution in [2.45, 2.75) is 25.1 Å². The van der Waals surface area contributed by atoms with Crippen LogP contribution in [0.2, 0.25) is 0 Å². The van der Waals surface area contributed by atoms with Crippen LogP contribution in [0.3, 0.4) is 0 Å². The Balaban J connectivity index is 1.36. The van der Waals surface area contributed by atoms with Gasteiger partial charge in [0.15, 0.2) is 5.67 Å². The van der Waals surface area contributed by atoms with Crippen LogP contribution in [0, 0.1) is 0 Å². The maximum atomic E-state index is 14.9. The summed E-state index contributed by atoms with van der Waals surface area (Å²) in [6.07, 6.45) is 1.73. The highest BCUT2D eigenvalue weighted by atomic mass is 19.1. The van der Waals surface area contributed by atoms with Gasteiger partial charge >= 0.3 is 0 Å². The van der Waals surface area contributed by atoms with Crippen molar-refractivity contribution in [3.05, 3.63) is 48.3 Å². The van der Waals surface area contributed by atoms with Gasteiger partial charge in [-0.2, -0.15) is 0 Å². The van der Waals surface area contributed by atoms with E-state index in [0.29, 0.717) is 19.6 Å². The van der Waals surface area contributed by atoms with Gasteiger partial charge in [0.2, 0.25) is 5.88 Å². The summed E-state index contributed by atoms with van der Waals surface area (Å²) in [7, 11) is 0. The summed E-state index contributed by atoms with van der Waals surface area (Å²) in [6, 6.07) is 11.7. The number of fused-ring (bicyclic) bond motifs is 1. The van der Waals surface area contributed by atoms with Crippen LogP contribution in [0.1, 0.15) is 18.5 Å². The van der Waals surface area contributed by atoms with E-state index in [9.17, 15) is 9.18 Å². The molecule has 1 aliphatic rings. The number of halogens is 1. The summed E-state index contributed by atoms with van der Waals surface area (Å²) in [4.78, 5) is 17.7. The van der Waals surface area contributed by atoms with Gasteiger partial charge < -0.3 is 9.51 Å². The van der Waals surface area contributed by atoms with Crippen LogP contribution in [0.15, 0.2) is 47.1 Å². The van der Waals surface area contributed by atoms with E-state index in [-0.39, 0.29) is 18.7 Å². The number of H-pyrrole nitrogens is 1. The molecule has 0 bridgehead atoms. The van der Waals surface area contributed by atoms with E-state index in [2.05, 4.69) is 32.5 Å². The van der Waals surface area contributed by atoms with Gasteiger partial charge in [-0.05, 0) is 17.5 Å². The highest BCUT2D eigenvalue weighted by molar-refractivity contribution is 5.96. The van der Waals surface area contributed by atoms with E-state index in [0.717, 1.165) is 11.2 Å². The van der Waals surface area contributed by atoms with Crippen molar-refractivity contribution in [1.82, 2.24) is 15.0 Å². The fourth-order valence-corrected chi connectivity index (χ4v) is 3.26. The number of carbonyl (C=O) groups is 1. The number of benzene rings is 1. The van der Waals surface area contributed by atoms with E-state index < -0.39 is 11.6 Å². The van der Waals surface area contributed by atoms with E-state index >= 15 is 0 Å². The Morgan fingerprint density at radius 2 is 2.12 bits per heavy atom. The van der Waals surface area contributed by atoms with Crippen LogP contribution in [0.4, 0.5) is 10.3 Å². The summed E-state index contributed by atoms with van der Waals surface area (Å²) in [5.41, 5.74) is 0.323. The average molecular weight is 342 g/mol. The molecule has 1 aromatic carbocycles. The van der Waals surface area contributed by atoms with Crippen LogP contribution in [-0.2, 0) is 11.3 Å². The van der Waals surface area contributed by atoms with Gasteiger partial charge in [0.05, 0.1) is 6.20 Å². The average Bonchev–Trinajstić information content (AvgIpc) is 3.26. The molecule has 0 atom stereocenters. The zero-order valence-electron chi connectivity index (χ0n) is 13.7. The Hall–Kier alpha value is -2.67. The van der Waals surface area contributed by atoms with Gasteiger partial charge in [0.1, 0.15) is 0 Å². The van der Waals surface area contributed by atoms with Crippen molar-refractivity contribution in [2.24, 2.45) is 0 Å². The molecule has 2 aromatic heterocycles. The third-order valence-electron chi connectivity index (χ3n) is 4.71. The molecule has 7 heteroatoms. The van der Waals surface area contributed by atoms with Crippen LogP contribution >= 0.6 is 0 Å². The molecule has 1 aliphatic heterocycles. The summed E-state index contributed by atoms with van der Waals surface area (Å²) < 4.78 is 19.7. The second-order valence-corrected chi connectivity index (χ2v) is 6.45. The Kier molecular flexibility index (Phi) is 4.01. The lowest BCUT2D eigenvalue weighted by Crippen LogP contribution is -2.48. The zero-order chi connectivity index (χ0) is 17.3. The van der Waals surface area contributed by atoms with Gasteiger partial charge in [-0.15, -0.1) is 0 Å². The lowest BCUT2D eigenvalue weighted by atomic mass is 9.92. The van der Waals surface area contributed by atoms with Crippen molar-refractivity contribution in [3.8, 4) is 0 Å². The second-order valence-electron chi connectivity index (χ2n) is 6.45. The number of anilines is 1. The first-order valence-corrected chi connectivity index (χ1v) is 8.32. The number of nitrogens with one attached hydrogen (secondary N) is 2. The molecular formula is C18H19FN4O2. The Morgan fingerprint density at radius 1 is 1.32 bits per heavy atom. The zero-order valence-corrected chi connectivity index (χ0v) is 13.7. The van der Waals surface area contributed by atoms with Gasteiger partial charge in [0, 0.05) is 49.8 Å².